The zero-order chi connectivity index (χ0) is 14.2. The van der Waals surface area contributed by atoms with Crippen LogP contribution >= 0.6 is 0 Å². The lowest BCUT2D eigenvalue weighted by Crippen LogP contribution is -2.54. The Morgan fingerprint density at radius 2 is 2.25 bits per heavy atom. The van der Waals surface area contributed by atoms with Gasteiger partial charge in [0, 0.05) is 19.0 Å². The van der Waals surface area contributed by atoms with Crippen LogP contribution in [0, 0.1) is 5.92 Å². The lowest BCUT2D eigenvalue weighted by atomic mass is 9.71. The molecule has 2 atom stereocenters. The fourth-order valence-corrected chi connectivity index (χ4v) is 3.41. The third-order valence-corrected chi connectivity index (χ3v) is 4.60. The average molecular weight is 277 g/mol. The summed E-state index contributed by atoms with van der Waals surface area (Å²) in [5.74, 6) is -0.0554. The lowest BCUT2D eigenvalue weighted by Gasteiger charge is -2.47. The number of carbonyl (C=O) groups excluding carboxylic acids is 1. The van der Waals surface area contributed by atoms with Crippen molar-refractivity contribution < 1.29 is 9.90 Å². The van der Waals surface area contributed by atoms with Crippen molar-refractivity contribution in [2.45, 2.75) is 37.7 Å². The molecule has 1 saturated heterocycles. The van der Waals surface area contributed by atoms with E-state index in [1.165, 1.54) is 6.20 Å². The first-order chi connectivity index (χ1) is 9.58. The minimum atomic E-state index is -0.600. The van der Waals surface area contributed by atoms with Crippen molar-refractivity contribution in [2.75, 3.05) is 13.1 Å². The highest BCUT2D eigenvalue weighted by atomic mass is 16.3. The summed E-state index contributed by atoms with van der Waals surface area (Å²) in [6, 6.07) is 0. The molecule has 0 radical (unpaired) electrons. The van der Waals surface area contributed by atoms with Gasteiger partial charge in [-0.1, -0.05) is 12.8 Å². The van der Waals surface area contributed by atoms with Gasteiger partial charge in [-0.15, -0.1) is 0 Å². The van der Waals surface area contributed by atoms with E-state index in [-0.39, 0.29) is 23.1 Å². The van der Waals surface area contributed by atoms with Crippen LogP contribution in [0.5, 0.6) is 0 Å². The van der Waals surface area contributed by atoms with Crippen molar-refractivity contribution in [2.24, 2.45) is 5.92 Å². The molecule has 0 unspecified atom stereocenters. The predicted octanol–water partition coefficient (Wildman–Crippen LogP) is 0.537. The Labute approximate surface area is 116 Å². The van der Waals surface area contributed by atoms with Gasteiger partial charge in [0.1, 0.15) is 5.69 Å². The minimum Gasteiger partial charge on any atom is -0.389 e. The maximum Gasteiger partial charge on any atom is 0.271 e. The summed E-state index contributed by atoms with van der Waals surface area (Å²) in [6.45, 7) is 1.09. The highest BCUT2D eigenvalue weighted by molar-refractivity contribution is 5.92. The number of piperidine rings is 1. The molecule has 1 aromatic rings. The topological polar surface area (TPSA) is 86.3 Å². The Hall–Kier alpha value is -1.69. The van der Waals surface area contributed by atoms with Gasteiger partial charge >= 0.3 is 0 Å². The number of hydrogen-bond acceptors (Lipinski definition) is 4. The van der Waals surface area contributed by atoms with Crippen LogP contribution in [0.25, 0.3) is 0 Å². The van der Waals surface area contributed by atoms with Crippen LogP contribution < -0.4 is 5.56 Å². The van der Waals surface area contributed by atoms with Crippen LogP contribution in [0.3, 0.4) is 0 Å². The fraction of sp³-hybridized carbons (Fsp3) is 0.643. The normalized spacial score (nSPS) is 29.9. The molecule has 6 heteroatoms. The van der Waals surface area contributed by atoms with Gasteiger partial charge in [-0.25, -0.2) is 0 Å². The number of aromatic amines is 1. The summed E-state index contributed by atoms with van der Waals surface area (Å²) >= 11 is 0. The second-order valence-electron chi connectivity index (χ2n) is 5.86. The molecule has 1 aliphatic heterocycles. The Morgan fingerprint density at radius 1 is 1.40 bits per heavy atom. The molecule has 0 bridgehead atoms. The number of H-pyrrole nitrogens is 1. The molecule has 2 heterocycles. The molecule has 2 fully saturated rings. The summed E-state index contributed by atoms with van der Waals surface area (Å²) in [5.41, 5.74) is -0.752. The smallest absolute Gasteiger partial charge is 0.271 e. The van der Waals surface area contributed by atoms with Crippen molar-refractivity contribution >= 4 is 5.91 Å². The van der Waals surface area contributed by atoms with Gasteiger partial charge in [-0.3, -0.25) is 14.6 Å². The van der Waals surface area contributed by atoms with Gasteiger partial charge < -0.3 is 15.0 Å². The van der Waals surface area contributed by atoms with Crippen LogP contribution in [-0.4, -0.2) is 44.6 Å². The zero-order valence-electron chi connectivity index (χ0n) is 11.3. The quantitative estimate of drug-likeness (QED) is 0.784. The van der Waals surface area contributed by atoms with Gasteiger partial charge in [0.25, 0.3) is 11.5 Å². The van der Waals surface area contributed by atoms with Crippen molar-refractivity contribution in [3.8, 4) is 0 Å². The van der Waals surface area contributed by atoms with Gasteiger partial charge in [0.2, 0.25) is 0 Å². The largest absolute Gasteiger partial charge is 0.389 e. The summed E-state index contributed by atoms with van der Waals surface area (Å²) in [7, 11) is 0. The molecule has 20 heavy (non-hydrogen) atoms. The van der Waals surface area contributed by atoms with E-state index in [1.54, 1.807) is 4.90 Å². The number of amides is 1. The Morgan fingerprint density at radius 3 is 3.05 bits per heavy atom. The van der Waals surface area contributed by atoms with Gasteiger partial charge in [0.05, 0.1) is 18.0 Å². The van der Waals surface area contributed by atoms with E-state index in [0.717, 1.165) is 31.9 Å². The van der Waals surface area contributed by atoms with E-state index < -0.39 is 5.60 Å². The predicted molar refractivity (Wildman–Crippen MR) is 72.3 cm³/mol. The highest BCUT2D eigenvalue weighted by Crippen LogP contribution is 2.39. The number of nitrogens with one attached hydrogen (secondary N) is 1. The number of fused-ring (bicyclic) bond motifs is 1. The Kier molecular flexibility index (Phi) is 3.33. The number of aliphatic hydroxyl groups is 1. The molecule has 3 rings (SSSR count). The molecule has 108 valence electrons. The van der Waals surface area contributed by atoms with E-state index in [9.17, 15) is 14.7 Å². The fourth-order valence-electron chi connectivity index (χ4n) is 3.41. The lowest BCUT2D eigenvalue weighted by molar-refractivity contribution is -0.0886. The van der Waals surface area contributed by atoms with E-state index in [4.69, 9.17) is 0 Å². The number of hydrogen-bond donors (Lipinski definition) is 2. The van der Waals surface area contributed by atoms with Crippen LogP contribution in [-0.2, 0) is 0 Å². The summed E-state index contributed by atoms with van der Waals surface area (Å²) in [5, 5.41) is 10.6. The number of carbonyl (C=O) groups is 1. The molecule has 0 aromatic carbocycles. The van der Waals surface area contributed by atoms with Gasteiger partial charge in [-0.05, 0) is 19.3 Å². The Bertz CT molecular complexity index is 571. The highest BCUT2D eigenvalue weighted by Gasteiger charge is 2.43. The minimum absolute atomic E-state index is 0.150. The van der Waals surface area contributed by atoms with Crippen molar-refractivity contribution in [3.05, 3.63) is 28.4 Å². The van der Waals surface area contributed by atoms with Crippen LogP contribution in [0.15, 0.2) is 17.2 Å². The maximum absolute atomic E-state index is 12.4. The standard InChI is InChI=1S/C14H19N3O3/c18-12-8-15-7-11(16-12)13(19)17-6-5-14(20)4-2-1-3-10(14)9-17/h7-8,10,20H,1-6,9H2,(H,16,18)/t10-,14-/m0/s1. The van der Waals surface area contributed by atoms with E-state index in [0.29, 0.717) is 19.5 Å². The van der Waals surface area contributed by atoms with Crippen LogP contribution in [0.2, 0.25) is 0 Å². The second kappa shape index (κ2) is 5.01. The molecule has 2 aliphatic rings. The zero-order valence-corrected chi connectivity index (χ0v) is 11.3. The van der Waals surface area contributed by atoms with E-state index in [2.05, 4.69) is 9.97 Å². The van der Waals surface area contributed by atoms with Crippen LogP contribution in [0.1, 0.15) is 42.6 Å². The summed E-state index contributed by atoms with van der Waals surface area (Å²) in [4.78, 5) is 31.6. The van der Waals surface area contributed by atoms with E-state index in [1.807, 2.05) is 0 Å². The summed E-state index contributed by atoms with van der Waals surface area (Å²) < 4.78 is 0. The number of rotatable bonds is 1. The molecule has 6 nitrogen and oxygen atoms in total. The second-order valence-corrected chi connectivity index (χ2v) is 5.86. The van der Waals surface area contributed by atoms with Crippen molar-refractivity contribution in [3.63, 3.8) is 0 Å². The molecular formula is C14H19N3O3. The first-order valence-electron chi connectivity index (χ1n) is 7.14. The Balaban J connectivity index is 1.76. The molecule has 1 aliphatic carbocycles. The van der Waals surface area contributed by atoms with Gasteiger partial charge in [-0.2, -0.15) is 0 Å². The van der Waals surface area contributed by atoms with Crippen molar-refractivity contribution in [1.82, 2.24) is 14.9 Å². The number of likely N-dealkylation sites (tertiary alicyclic amines) is 1. The van der Waals surface area contributed by atoms with Crippen LogP contribution in [0.4, 0.5) is 0 Å². The summed E-state index contributed by atoms with van der Waals surface area (Å²) in [6.07, 6.45) is 7.12. The first kappa shape index (κ1) is 13.3. The molecule has 1 saturated carbocycles. The number of nitrogens with zero attached hydrogens (tertiary/aromatic N) is 2. The van der Waals surface area contributed by atoms with Gasteiger partial charge in [0.15, 0.2) is 0 Å². The SMILES string of the molecule is O=C(c1cncc(=O)[nH]1)N1CC[C@@]2(O)CCCC[C@H]2C1. The molecular weight excluding hydrogens is 258 g/mol. The monoisotopic (exact) mass is 277 g/mol. The molecule has 2 N–H and O–H groups in total. The average Bonchev–Trinajstić information content (AvgIpc) is 2.45. The molecule has 1 aromatic heterocycles. The maximum atomic E-state index is 12.4. The first-order valence-corrected chi connectivity index (χ1v) is 7.14. The van der Waals surface area contributed by atoms with E-state index >= 15 is 0 Å². The third kappa shape index (κ3) is 2.35. The molecule has 1 amide bonds. The number of aromatic nitrogens is 2. The van der Waals surface area contributed by atoms with Crippen molar-refractivity contribution in [1.29, 1.82) is 0 Å². The molecule has 0 spiro atoms. The third-order valence-electron chi connectivity index (χ3n) is 4.60.